The highest BCUT2D eigenvalue weighted by Gasteiger charge is 2.23. The molecule has 0 heterocycles. The SMILES string of the molecule is O=C(O)CC1CCC(NC(=O)Nc2cccc(Cl)c2)CC1. The topological polar surface area (TPSA) is 78.4 Å². The molecule has 21 heavy (non-hydrogen) atoms. The molecule has 1 aromatic rings. The van der Waals surface area contributed by atoms with Gasteiger partial charge < -0.3 is 15.7 Å². The van der Waals surface area contributed by atoms with E-state index in [1.54, 1.807) is 24.3 Å². The number of amides is 2. The number of nitrogens with one attached hydrogen (secondary N) is 2. The van der Waals surface area contributed by atoms with Crippen molar-refractivity contribution >= 4 is 29.3 Å². The monoisotopic (exact) mass is 310 g/mol. The van der Waals surface area contributed by atoms with E-state index in [1.165, 1.54) is 0 Å². The molecule has 5 nitrogen and oxygen atoms in total. The Hall–Kier alpha value is -1.75. The minimum atomic E-state index is -0.745. The van der Waals surface area contributed by atoms with Crippen LogP contribution in [0.1, 0.15) is 32.1 Å². The van der Waals surface area contributed by atoms with E-state index in [4.69, 9.17) is 16.7 Å². The number of carbonyl (C=O) groups excluding carboxylic acids is 1. The van der Waals surface area contributed by atoms with Gasteiger partial charge in [0, 0.05) is 23.2 Å². The van der Waals surface area contributed by atoms with E-state index in [-0.39, 0.29) is 24.4 Å². The van der Waals surface area contributed by atoms with Gasteiger partial charge in [-0.2, -0.15) is 0 Å². The Morgan fingerprint density at radius 2 is 1.95 bits per heavy atom. The molecule has 0 spiro atoms. The highest BCUT2D eigenvalue weighted by atomic mass is 35.5. The van der Waals surface area contributed by atoms with Gasteiger partial charge in [0.05, 0.1) is 0 Å². The second-order valence-electron chi connectivity index (χ2n) is 5.42. The third-order valence-electron chi connectivity index (χ3n) is 3.73. The molecule has 1 aliphatic carbocycles. The van der Waals surface area contributed by atoms with Crippen LogP contribution < -0.4 is 10.6 Å². The van der Waals surface area contributed by atoms with Gasteiger partial charge in [-0.3, -0.25) is 4.79 Å². The number of hydrogen-bond acceptors (Lipinski definition) is 2. The number of hydrogen-bond donors (Lipinski definition) is 3. The summed E-state index contributed by atoms with van der Waals surface area (Å²) < 4.78 is 0. The van der Waals surface area contributed by atoms with Gasteiger partial charge in [-0.15, -0.1) is 0 Å². The molecular formula is C15H19ClN2O3. The van der Waals surface area contributed by atoms with E-state index in [0.29, 0.717) is 10.7 Å². The van der Waals surface area contributed by atoms with Crippen molar-refractivity contribution in [3.8, 4) is 0 Å². The van der Waals surface area contributed by atoms with Crippen LogP contribution in [0.3, 0.4) is 0 Å². The summed E-state index contributed by atoms with van der Waals surface area (Å²) in [7, 11) is 0. The lowest BCUT2D eigenvalue weighted by Gasteiger charge is -2.28. The standard InChI is InChI=1S/C15H19ClN2O3/c16-11-2-1-3-13(9-11)18-15(21)17-12-6-4-10(5-7-12)8-14(19)20/h1-3,9-10,12H,4-8H2,(H,19,20)(H2,17,18,21). The smallest absolute Gasteiger partial charge is 0.319 e. The number of rotatable bonds is 4. The summed E-state index contributed by atoms with van der Waals surface area (Å²) in [6, 6.07) is 6.83. The summed E-state index contributed by atoms with van der Waals surface area (Å²) in [5, 5.41) is 15.0. The Morgan fingerprint density at radius 1 is 1.24 bits per heavy atom. The summed E-state index contributed by atoms with van der Waals surface area (Å²) in [5.74, 6) is -0.512. The molecule has 3 N–H and O–H groups in total. The number of carboxylic acid groups (broad SMARTS) is 1. The minimum Gasteiger partial charge on any atom is -0.481 e. The second-order valence-corrected chi connectivity index (χ2v) is 5.86. The molecule has 1 fully saturated rings. The maximum absolute atomic E-state index is 11.9. The maximum atomic E-state index is 11.9. The Kier molecular flexibility index (Phi) is 5.44. The molecule has 114 valence electrons. The molecule has 6 heteroatoms. The van der Waals surface area contributed by atoms with Crippen LogP contribution in [0.5, 0.6) is 0 Å². The molecular weight excluding hydrogens is 292 g/mol. The molecule has 1 aliphatic rings. The number of urea groups is 1. The van der Waals surface area contributed by atoms with Gasteiger partial charge in [0.25, 0.3) is 0 Å². The molecule has 2 rings (SSSR count). The van der Waals surface area contributed by atoms with Crippen molar-refractivity contribution in [2.75, 3.05) is 5.32 Å². The van der Waals surface area contributed by atoms with Crippen LogP contribution in [0.25, 0.3) is 0 Å². The van der Waals surface area contributed by atoms with E-state index >= 15 is 0 Å². The normalized spacial score (nSPS) is 21.6. The molecule has 0 bridgehead atoms. The average molecular weight is 311 g/mol. The lowest BCUT2D eigenvalue weighted by atomic mass is 9.84. The summed E-state index contributed by atoms with van der Waals surface area (Å²) in [5.41, 5.74) is 0.652. The fraction of sp³-hybridized carbons (Fsp3) is 0.467. The number of aliphatic carboxylic acids is 1. The van der Waals surface area contributed by atoms with Gasteiger partial charge >= 0.3 is 12.0 Å². The van der Waals surface area contributed by atoms with Gasteiger partial charge in [0.15, 0.2) is 0 Å². The third kappa shape index (κ3) is 5.27. The van der Waals surface area contributed by atoms with Crippen molar-refractivity contribution in [2.24, 2.45) is 5.92 Å². The average Bonchev–Trinajstić information content (AvgIpc) is 2.40. The van der Waals surface area contributed by atoms with Crippen molar-refractivity contribution < 1.29 is 14.7 Å². The lowest BCUT2D eigenvalue weighted by Crippen LogP contribution is -2.40. The summed E-state index contributed by atoms with van der Waals surface area (Å²) in [6.45, 7) is 0. The second kappa shape index (κ2) is 7.31. The first kappa shape index (κ1) is 15.6. The third-order valence-corrected chi connectivity index (χ3v) is 3.96. The highest BCUT2D eigenvalue weighted by Crippen LogP contribution is 2.26. The molecule has 0 radical (unpaired) electrons. The van der Waals surface area contributed by atoms with Crippen LogP contribution in [-0.4, -0.2) is 23.1 Å². The van der Waals surface area contributed by atoms with Gasteiger partial charge in [-0.1, -0.05) is 17.7 Å². The van der Waals surface area contributed by atoms with Crippen LogP contribution in [0.2, 0.25) is 5.02 Å². The number of carboxylic acids is 1. The molecule has 0 aromatic heterocycles. The first-order chi connectivity index (χ1) is 10.0. The predicted octanol–water partition coefficient (Wildman–Crippen LogP) is 3.50. The molecule has 1 aromatic carbocycles. The Labute approximate surface area is 128 Å². The Bertz CT molecular complexity index is 513. The number of carbonyl (C=O) groups is 2. The zero-order valence-corrected chi connectivity index (χ0v) is 12.4. The largest absolute Gasteiger partial charge is 0.481 e. The predicted molar refractivity (Wildman–Crippen MR) is 81.6 cm³/mol. The van der Waals surface area contributed by atoms with Gasteiger partial charge in [0.2, 0.25) is 0 Å². The van der Waals surface area contributed by atoms with Crippen LogP contribution in [-0.2, 0) is 4.79 Å². The summed E-state index contributed by atoms with van der Waals surface area (Å²) >= 11 is 5.86. The van der Waals surface area contributed by atoms with E-state index in [9.17, 15) is 9.59 Å². The van der Waals surface area contributed by atoms with Crippen molar-refractivity contribution in [3.63, 3.8) is 0 Å². The quantitative estimate of drug-likeness (QED) is 0.796. The maximum Gasteiger partial charge on any atom is 0.319 e. The van der Waals surface area contributed by atoms with Crippen LogP contribution >= 0.6 is 11.6 Å². The zero-order valence-electron chi connectivity index (χ0n) is 11.6. The minimum absolute atomic E-state index is 0.106. The summed E-state index contributed by atoms with van der Waals surface area (Å²) in [6.07, 6.45) is 3.55. The molecule has 1 saturated carbocycles. The van der Waals surface area contributed by atoms with Crippen molar-refractivity contribution in [2.45, 2.75) is 38.1 Å². The van der Waals surface area contributed by atoms with E-state index in [1.807, 2.05) is 0 Å². The first-order valence-electron chi connectivity index (χ1n) is 7.08. The number of benzene rings is 1. The van der Waals surface area contributed by atoms with Gasteiger partial charge in [-0.25, -0.2) is 4.79 Å². The van der Waals surface area contributed by atoms with Crippen LogP contribution in [0.15, 0.2) is 24.3 Å². The molecule has 2 amide bonds. The fourth-order valence-electron chi connectivity index (χ4n) is 2.68. The zero-order chi connectivity index (χ0) is 15.2. The molecule has 0 unspecified atom stereocenters. The summed E-state index contributed by atoms with van der Waals surface area (Å²) in [4.78, 5) is 22.6. The van der Waals surface area contributed by atoms with Crippen molar-refractivity contribution in [1.82, 2.24) is 5.32 Å². The van der Waals surface area contributed by atoms with Gasteiger partial charge in [-0.05, 0) is 49.8 Å². The van der Waals surface area contributed by atoms with Crippen LogP contribution in [0.4, 0.5) is 10.5 Å². The Morgan fingerprint density at radius 3 is 2.57 bits per heavy atom. The van der Waals surface area contributed by atoms with Crippen molar-refractivity contribution in [1.29, 1.82) is 0 Å². The van der Waals surface area contributed by atoms with E-state index in [2.05, 4.69) is 10.6 Å². The lowest BCUT2D eigenvalue weighted by molar-refractivity contribution is -0.138. The van der Waals surface area contributed by atoms with Crippen LogP contribution in [0, 0.1) is 5.92 Å². The molecule has 0 aliphatic heterocycles. The highest BCUT2D eigenvalue weighted by molar-refractivity contribution is 6.30. The number of halogens is 1. The fourth-order valence-corrected chi connectivity index (χ4v) is 2.87. The molecule has 0 atom stereocenters. The van der Waals surface area contributed by atoms with E-state index < -0.39 is 5.97 Å². The molecule has 0 saturated heterocycles. The first-order valence-corrected chi connectivity index (χ1v) is 7.45. The Balaban J connectivity index is 1.75. The van der Waals surface area contributed by atoms with E-state index in [0.717, 1.165) is 25.7 Å². The number of anilines is 1. The van der Waals surface area contributed by atoms with Gasteiger partial charge in [0.1, 0.15) is 0 Å². The van der Waals surface area contributed by atoms with Crippen molar-refractivity contribution in [3.05, 3.63) is 29.3 Å².